The van der Waals surface area contributed by atoms with Gasteiger partial charge in [0.1, 0.15) is 64.1 Å². The molecule has 126 heavy (non-hydrogen) atoms. The predicted molar refractivity (Wildman–Crippen MR) is 509 cm³/mol. The number of rotatable bonds is 95. The van der Waals surface area contributed by atoms with E-state index < -0.39 is 22.8 Å². The van der Waals surface area contributed by atoms with E-state index in [1.54, 1.807) is 0 Å². The van der Waals surface area contributed by atoms with Crippen molar-refractivity contribution in [3.8, 4) is 0 Å². The van der Waals surface area contributed by atoms with Gasteiger partial charge in [0.2, 0.25) is 0 Å². The van der Waals surface area contributed by atoms with Crippen molar-refractivity contribution in [2.24, 2.45) is 10.8 Å². The highest BCUT2D eigenvalue weighted by Crippen LogP contribution is 2.30. The fourth-order valence-electron chi connectivity index (χ4n) is 16.1. The molecule has 0 rings (SSSR count). The molecule has 0 aliphatic heterocycles. The van der Waals surface area contributed by atoms with Gasteiger partial charge in [-0.2, -0.15) is 0 Å². The molecule has 0 radical (unpaired) electrons. The largest absolute Gasteiger partial charge is 0.465 e. The van der Waals surface area contributed by atoms with Gasteiger partial charge in [0.15, 0.2) is 0 Å². The van der Waals surface area contributed by atoms with Gasteiger partial charge in [-0.1, -0.05) is 300 Å². The zero-order valence-electron chi connectivity index (χ0n) is 83.0. The van der Waals surface area contributed by atoms with Crippen LogP contribution in [0, 0.1) is 10.8 Å². The molecule has 20 heteroatoms. The van der Waals surface area contributed by atoms with Crippen LogP contribution in [0.5, 0.6) is 0 Å². The summed E-state index contributed by atoms with van der Waals surface area (Å²) in [5, 5.41) is 0. The highest BCUT2D eigenvalue weighted by Gasteiger charge is 2.36. The molecule has 4 atom stereocenters. The monoisotopic (exact) mass is 1790 g/mol. The molecule has 0 aliphatic carbocycles. The summed E-state index contributed by atoms with van der Waals surface area (Å²) in [5.41, 5.74) is -2.04. The first-order valence-corrected chi connectivity index (χ1v) is 53.0. The second-order valence-corrected chi connectivity index (χ2v) is 37.2. The Labute approximate surface area is 770 Å². The van der Waals surface area contributed by atoms with Gasteiger partial charge in [0.05, 0.1) is 10.8 Å². The summed E-state index contributed by atoms with van der Waals surface area (Å²) >= 11 is 0. The van der Waals surface area contributed by atoms with Gasteiger partial charge in [-0.15, -0.1) is 0 Å². The summed E-state index contributed by atoms with van der Waals surface area (Å²) in [5.74, 6) is -3.05. The van der Waals surface area contributed by atoms with Crippen molar-refractivity contribution in [3.05, 3.63) is 0 Å². The number of carbonyl (C=O) groups excluding carboxylic acids is 10. The van der Waals surface area contributed by atoms with Gasteiger partial charge in [-0.05, 0) is 180 Å². The first-order valence-electron chi connectivity index (χ1n) is 53.0. The third-order valence-electron chi connectivity index (χ3n) is 24.9. The Morgan fingerprint density at radius 3 is 0.437 bits per heavy atom. The van der Waals surface area contributed by atoms with Gasteiger partial charge in [0, 0.05) is 64.2 Å². The summed E-state index contributed by atoms with van der Waals surface area (Å²) in [7, 11) is 0. The molecule has 0 aliphatic rings. The fourth-order valence-corrected chi connectivity index (χ4v) is 16.1. The van der Waals surface area contributed by atoms with Gasteiger partial charge in [-0.25, -0.2) is 0 Å². The topological polar surface area (TPSA) is 263 Å². The molecule has 0 saturated carbocycles. The second-order valence-electron chi connectivity index (χ2n) is 37.2. The molecule has 0 spiro atoms. The van der Waals surface area contributed by atoms with Crippen molar-refractivity contribution in [1.82, 2.24) is 0 Å². The van der Waals surface area contributed by atoms with Crippen molar-refractivity contribution >= 4 is 59.7 Å². The Morgan fingerprint density at radius 2 is 0.294 bits per heavy atom. The van der Waals surface area contributed by atoms with E-state index in [1.165, 1.54) is 128 Å². The maximum Gasteiger partial charge on any atom is 0.306 e. The Kier molecular flexibility index (Phi) is 84.0. The van der Waals surface area contributed by atoms with E-state index in [2.05, 4.69) is 27.7 Å². The summed E-state index contributed by atoms with van der Waals surface area (Å²) in [4.78, 5) is 131. The van der Waals surface area contributed by atoms with E-state index in [0.717, 1.165) is 231 Å². The predicted octanol–water partition coefficient (Wildman–Crippen LogP) is 28.9. The number of carbonyl (C=O) groups is 10. The van der Waals surface area contributed by atoms with Crippen LogP contribution in [0.4, 0.5) is 0 Å². The van der Waals surface area contributed by atoms with Crippen molar-refractivity contribution in [1.29, 1.82) is 0 Å². The van der Waals surface area contributed by atoms with Crippen LogP contribution in [0.3, 0.4) is 0 Å². The zero-order valence-corrected chi connectivity index (χ0v) is 83.0. The van der Waals surface area contributed by atoms with E-state index in [-0.39, 0.29) is 150 Å². The smallest absolute Gasteiger partial charge is 0.306 e. The molecular formula is C106H194O20. The van der Waals surface area contributed by atoms with Gasteiger partial charge < -0.3 is 47.4 Å². The minimum atomic E-state index is -1.02. The van der Waals surface area contributed by atoms with Crippen LogP contribution in [0.2, 0.25) is 0 Å². The Hall–Kier alpha value is -5.30. The Bertz CT molecular complexity index is 2310. The number of ether oxygens (including phenoxy) is 10. The van der Waals surface area contributed by atoms with Crippen LogP contribution in [-0.4, -0.2) is 124 Å². The maximum absolute atomic E-state index is 13.6. The van der Waals surface area contributed by atoms with Crippen LogP contribution < -0.4 is 0 Å². The van der Waals surface area contributed by atoms with E-state index >= 15 is 0 Å². The third kappa shape index (κ3) is 75.4. The first-order chi connectivity index (χ1) is 61.2. The summed E-state index contributed by atoms with van der Waals surface area (Å²) < 4.78 is 59.2. The molecule has 0 saturated heterocycles. The van der Waals surface area contributed by atoms with Crippen LogP contribution in [0.15, 0.2) is 0 Å². The molecule has 738 valence electrons. The van der Waals surface area contributed by atoms with Crippen molar-refractivity contribution < 1.29 is 95.3 Å². The van der Waals surface area contributed by atoms with E-state index in [9.17, 15) is 47.9 Å². The first kappa shape index (κ1) is 121. The molecule has 0 fully saturated rings. The molecule has 0 amide bonds. The SMILES string of the molecule is CCCCCCCCCC(CCCCCCCC(=O)OCC(CC)(COC(=O)CCCCCCCC(CCCCCCCCC)OC(=O)CCC)COC(=O)CCCCC(=O)OCC(CC)(COC(=O)CCCCCCCC(CCCCCCCCC)OC(=O)CCC)COC(=O)CCCCCCCC(CCCCCCCCC)OC(=O)CCC)OC(=O)CCC. The maximum atomic E-state index is 13.6. The molecule has 0 N–H and O–H groups in total. The summed E-state index contributed by atoms with van der Waals surface area (Å²) in [6.45, 7) is 19.8. The van der Waals surface area contributed by atoms with Crippen LogP contribution in [-0.2, 0) is 95.3 Å². The molecule has 0 aromatic carbocycles. The van der Waals surface area contributed by atoms with Crippen LogP contribution in [0.25, 0.3) is 0 Å². The molecule has 0 bridgehead atoms. The number of esters is 10. The van der Waals surface area contributed by atoms with Crippen molar-refractivity contribution in [3.63, 3.8) is 0 Å². The van der Waals surface area contributed by atoms with E-state index in [1.807, 2.05) is 41.5 Å². The molecule has 4 unspecified atom stereocenters. The number of hydrogen-bond donors (Lipinski definition) is 0. The lowest BCUT2D eigenvalue weighted by atomic mass is 9.88. The van der Waals surface area contributed by atoms with E-state index in [0.29, 0.717) is 77.0 Å². The lowest BCUT2D eigenvalue weighted by molar-refractivity contribution is -0.165. The van der Waals surface area contributed by atoms with Gasteiger partial charge in [0.25, 0.3) is 0 Å². The Balaban J connectivity index is 6.09. The van der Waals surface area contributed by atoms with Crippen molar-refractivity contribution in [2.45, 2.75) is 569 Å². The van der Waals surface area contributed by atoms with Crippen LogP contribution in [0.1, 0.15) is 544 Å². The molecule has 0 heterocycles. The molecule has 20 nitrogen and oxygen atoms in total. The quantitative estimate of drug-likeness (QED) is 0.0311. The Morgan fingerprint density at radius 1 is 0.159 bits per heavy atom. The second kappa shape index (κ2) is 87.7. The fraction of sp³-hybridized carbons (Fsp3) is 0.906. The highest BCUT2D eigenvalue weighted by atomic mass is 16.6. The third-order valence-corrected chi connectivity index (χ3v) is 24.9. The number of unbranched alkanes of at least 4 members (excludes halogenated alkanes) is 41. The number of hydrogen-bond acceptors (Lipinski definition) is 20. The van der Waals surface area contributed by atoms with Crippen molar-refractivity contribution in [2.75, 3.05) is 39.6 Å². The highest BCUT2D eigenvalue weighted by molar-refractivity contribution is 5.73. The molecule has 0 aromatic rings. The zero-order chi connectivity index (χ0) is 92.7. The average Bonchev–Trinajstić information content (AvgIpc) is 0.866. The standard InChI is InChI=1S/C106H194O20/c1-11-21-25-29-33-41-53-71-91(123-101(113)67-15-5)75-57-45-37-49-61-79-95(107)117-85-105(19-9,86-118-96(108)80-62-50-38-46-58-76-92(124-102(114)68-16-6)72-54-42-34-30-26-22-12-2)89-121-99(111)83-65-66-84-100(112)122-90-106(20-10,87-119-97(109)81-63-51-39-47-59-77-93(125-103(115)69-17-7)73-55-43-35-31-27-23-13-3)88-120-98(110)82-64-52-40-48-60-78-94(126-104(116)70-18-8)74-56-44-36-32-28-24-14-4/h91-94H,11-90H2,1-10H3. The van der Waals surface area contributed by atoms with Gasteiger partial charge in [-0.3, -0.25) is 47.9 Å². The van der Waals surface area contributed by atoms with Gasteiger partial charge >= 0.3 is 59.7 Å². The summed E-state index contributed by atoms with van der Waals surface area (Å²) in [6.07, 6.45) is 64.5. The lowest BCUT2D eigenvalue weighted by Gasteiger charge is -2.31. The lowest BCUT2D eigenvalue weighted by Crippen LogP contribution is -2.39. The van der Waals surface area contributed by atoms with Crippen LogP contribution >= 0.6 is 0 Å². The minimum absolute atomic E-state index is 0.0166. The normalized spacial score (nSPS) is 13.3. The molecule has 0 aromatic heterocycles. The minimum Gasteiger partial charge on any atom is -0.465 e. The molecular weight excluding hydrogens is 1590 g/mol. The average molecular weight is 1790 g/mol. The van der Waals surface area contributed by atoms with E-state index in [4.69, 9.17) is 47.4 Å². The summed E-state index contributed by atoms with van der Waals surface area (Å²) in [6, 6.07) is 0.